The van der Waals surface area contributed by atoms with Gasteiger partial charge >= 0.3 is 0 Å². The summed E-state index contributed by atoms with van der Waals surface area (Å²) >= 11 is 0. The molecule has 0 aliphatic heterocycles. The summed E-state index contributed by atoms with van der Waals surface area (Å²) in [6, 6.07) is 13.8. The topological polar surface area (TPSA) is 51.0 Å². The van der Waals surface area contributed by atoms with E-state index < -0.39 is 0 Å². The number of nitrogens with zero attached hydrogens (tertiary/aromatic N) is 4. The molecule has 2 heterocycles. The minimum Gasteiger partial charge on any atom is -0.342 e. The molecule has 0 aliphatic rings. The first-order chi connectivity index (χ1) is 13.0. The lowest BCUT2D eigenvalue weighted by Gasteiger charge is -2.17. The van der Waals surface area contributed by atoms with Crippen molar-refractivity contribution in [2.24, 2.45) is 5.92 Å². The summed E-state index contributed by atoms with van der Waals surface area (Å²) in [5.41, 5.74) is 3.54. The van der Waals surface area contributed by atoms with E-state index in [0.717, 1.165) is 29.1 Å². The Bertz CT molecular complexity index is 914. The molecule has 1 aromatic carbocycles. The van der Waals surface area contributed by atoms with Gasteiger partial charge in [0, 0.05) is 49.4 Å². The average molecular weight is 360 g/mol. The first kappa shape index (κ1) is 18.6. The Hall–Kier alpha value is -3.21. The fourth-order valence-corrected chi connectivity index (χ4v) is 2.88. The molecule has 0 spiro atoms. The molecule has 0 aliphatic carbocycles. The summed E-state index contributed by atoms with van der Waals surface area (Å²) < 4.78 is 1.82. The van der Waals surface area contributed by atoms with Crippen LogP contribution < -0.4 is 0 Å². The lowest BCUT2D eigenvalue weighted by molar-refractivity contribution is -0.125. The predicted octanol–water partition coefficient (Wildman–Crippen LogP) is 4.06. The van der Waals surface area contributed by atoms with Gasteiger partial charge in [0.25, 0.3) is 0 Å². The van der Waals surface area contributed by atoms with Crippen molar-refractivity contribution >= 4 is 12.0 Å². The van der Waals surface area contributed by atoms with Crippen molar-refractivity contribution in [3.63, 3.8) is 0 Å². The Kier molecular flexibility index (Phi) is 5.81. The van der Waals surface area contributed by atoms with E-state index in [1.54, 1.807) is 23.4 Å². The second-order valence-corrected chi connectivity index (χ2v) is 6.90. The molecule has 0 saturated heterocycles. The standard InChI is InChI=1S/C22H24N4O/c1-17(2)15-25(3)21(27)12-11-19-16-26(20-9-5-4-6-10-20)24-22(19)18-8-7-13-23-14-18/h4-14,16-17H,15H2,1-3H3/b12-11+. The van der Waals surface area contributed by atoms with E-state index in [4.69, 9.17) is 5.10 Å². The molecular formula is C22H24N4O. The highest BCUT2D eigenvalue weighted by atomic mass is 16.2. The third kappa shape index (κ3) is 4.70. The fourth-order valence-electron chi connectivity index (χ4n) is 2.88. The van der Waals surface area contributed by atoms with Crippen LogP contribution in [0.2, 0.25) is 0 Å². The van der Waals surface area contributed by atoms with Crippen molar-refractivity contribution in [1.29, 1.82) is 0 Å². The highest BCUT2D eigenvalue weighted by molar-refractivity contribution is 5.92. The number of pyridine rings is 1. The number of rotatable bonds is 6. The number of hydrogen-bond acceptors (Lipinski definition) is 3. The number of hydrogen-bond donors (Lipinski definition) is 0. The van der Waals surface area contributed by atoms with Crippen LogP contribution in [0, 0.1) is 5.92 Å². The third-order valence-corrected chi connectivity index (χ3v) is 4.12. The van der Waals surface area contributed by atoms with Gasteiger partial charge in [-0.3, -0.25) is 9.78 Å². The molecule has 0 fully saturated rings. The molecule has 0 N–H and O–H groups in total. The molecule has 0 radical (unpaired) electrons. The molecule has 0 unspecified atom stereocenters. The van der Waals surface area contributed by atoms with E-state index in [9.17, 15) is 4.79 Å². The van der Waals surface area contributed by atoms with Crippen LogP contribution in [0.25, 0.3) is 23.0 Å². The van der Waals surface area contributed by atoms with Gasteiger partial charge in [0.1, 0.15) is 5.69 Å². The van der Waals surface area contributed by atoms with E-state index in [2.05, 4.69) is 18.8 Å². The fraction of sp³-hybridized carbons (Fsp3) is 0.227. The number of benzene rings is 1. The second kappa shape index (κ2) is 8.45. The van der Waals surface area contributed by atoms with E-state index in [1.165, 1.54) is 0 Å². The predicted molar refractivity (Wildman–Crippen MR) is 108 cm³/mol. The third-order valence-electron chi connectivity index (χ3n) is 4.12. The first-order valence-electron chi connectivity index (χ1n) is 9.03. The molecule has 138 valence electrons. The summed E-state index contributed by atoms with van der Waals surface area (Å²) in [7, 11) is 1.82. The maximum Gasteiger partial charge on any atom is 0.246 e. The quantitative estimate of drug-likeness (QED) is 0.623. The Morgan fingerprint density at radius 1 is 1.19 bits per heavy atom. The summed E-state index contributed by atoms with van der Waals surface area (Å²) in [6.07, 6.45) is 8.88. The average Bonchev–Trinajstić information content (AvgIpc) is 3.11. The minimum atomic E-state index is -0.0201. The maximum atomic E-state index is 12.4. The van der Waals surface area contributed by atoms with Crippen LogP contribution in [0.4, 0.5) is 0 Å². The molecule has 3 aromatic rings. The molecule has 5 nitrogen and oxygen atoms in total. The highest BCUT2D eigenvalue weighted by Gasteiger charge is 2.12. The number of likely N-dealkylation sites (N-methyl/N-ethyl adjacent to an activating group) is 1. The second-order valence-electron chi connectivity index (χ2n) is 6.90. The van der Waals surface area contributed by atoms with Crippen LogP contribution in [0.1, 0.15) is 19.4 Å². The monoisotopic (exact) mass is 360 g/mol. The van der Waals surface area contributed by atoms with Crippen LogP contribution in [0.15, 0.2) is 67.1 Å². The number of amides is 1. The van der Waals surface area contributed by atoms with Gasteiger partial charge in [0.05, 0.1) is 5.69 Å². The van der Waals surface area contributed by atoms with Crippen LogP contribution in [0.3, 0.4) is 0 Å². The smallest absolute Gasteiger partial charge is 0.246 e. The zero-order valence-electron chi connectivity index (χ0n) is 15.9. The zero-order chi connectivity index (χ0) is 19.2. The Morgan fingerprint density at radius 3 is 2.63 bits per heavy atom. The van der Waals surface area contributed by atoms with E-state index >= 15 is 0 Å². The van der Waals surface area contributed by atoms with Gasteiger partial charge in [-0.15, -0.1) is 0 Å². The number of carbonyl (C=O) groups excluding carboxylic acids is 1. The molecule has 3 rings (SSSR count). The van der Waals surface area contributed by atoms with Gasteiger partial charge in [-0.2, -0.15) is 5.10 Å². The molecule has 0 atom stereocenters. The van der Waals surface area contributed by atoms with Crippen LogP contribution in [0.5, 0.6) is 0 Å². The number of aromatic nitrogens is 3. The van der Waals surface area contributed by atoms with Crippen molar-refractivity contribution < 1.29 is 4.79 Å². The Morgan fingerprint density at radius 2 is 1.96 bits per heavy atom. The molecule has 27 heavy (non-hydrogen) atoms. The molecular weight excluding hydrogens is 336 g/mol. The Labute approximate surface area is 160 Å². The summed E-state index contributed by atoms with van der Waals surface area (Å²) in [6.45, 7) is 4.91. The van der Waals surface area contributed by atoms with Crippen molar-refractivity contribution in [3.8, 4) is 16.9 Å². The van der Waals surface area contributed by atoms with Gasteiger partial charge in [-0.05, 0) is 36.3 Å². The summed E-state index contributed by atoms with van der Waals surface area (Å²) in [5.74, 6) is 0.410. The normalized spacial score (nSPS) is 11.3. The lowest BCUT2D eigenvalue weighted by atomic mass is 10.1. The van der Waals surface area contributed by atoms with E-state index in [1.807, 2.05) is 66.5 Å². The zero-order valence-corrected chi connectivity index (χ0v) is 15.9. The SMILES string of the molecule is CC(C)CN(C)C(=O)/C=C/c1cn(-c2ccccc2)nc1-c1cccnc1. The maximum absolute atomic E-state index is 12.4. The van der Waals surface area contributed by atoms with Crippen LogP contribution >= 0.6 is 0 Å². The number of carbonyl (C=O) groups is 1. The van der Waals surface area contributed by atoms with Gasteiger partial charge in [0.2, 0.25) is 5.91 Å². The van der Waals surface area contributed by atoms with Gasteiger partial charge in [0.15, 0.2) is 0 Å². The Balaban J connectivity index is 1.94. The van der Waals surface area contributed by atoms with Crippen molar-refractivity contribution in [3.05, 3.63) is 72.7 Å². The van der Waals surface area contributed by atoms with Crippen molar-refractivity contribution in [1.82, 2.24) is 19.7 Å². The molecule has 0 saturated carbocycles. The molecule has 0 bridgehead atoms. The van der Waals surface area contributed by atoms with Gasteiger partial charge in [-0.1, -0.05) is 32.0 Å². The summed E-state index contributed by atoms with van der Waals surface area (Å²) in [5, 5.41) is 4.72. The van der Waals surface area contributed by atoms with E-state index in [0.29, 0.717) is 5.92 Å². The molecule has 2 aromatic heterocycles. The largest absolute Gasteiger partial charge is 0.342 e. The van der Waals surface area contributed by atoms with E-state index in [-0.39, 0.29) is 5.91 Å². The lowest BCUT2D eigenvalue weighted by Crippen LogP contribution is -2.28. The van der Waals surface area contributed by atoms with Crippen LogP contribution in [-0.4, -0.2) is 39.2 Å². The minimum absolute atomic E-state index is 0.0201. The first-order valence-corrected chi connectivity index (χ1v) is 9.03. The number of para-hydroxylation sites is 1. The van der Waals surface area contributed by atoms with Crippen molar-refractivity contribution in [2.45, 2.75) is 13.8 Å². The molecule has 5 heteroatoms. The van der Waals surface area contributed by atoms with Gasteiger partial charge in [-0.25, -0.2) is 4.68 Å². The van der Waals surface area contributed by atoms with Crippen LogP contribution in [-0.2, 0) is 4.79 Å². The molecule has 1 amide bonds. The van der Waals surface area contributed by atoms with Gasteiger partial charge < -0.3 is 4.90 Å². The van der Waals surface area contributed by atoms with Crippen molar-refractivity contribution in [2.75, 3.05) is 13.6 Å². The highest BCUT2D eigenvalue weighted by Crippen LogP contribution is 2.24. The summed E-state index contributed by atoms with van der Waals surface area (Å²) in [4.78, 5) is 18.3.